The number of pyridine rings is 2. The van der Waals surface area contributed by atoms with E-state index in [2.05, 4.69) is 38.4 Å². The summed E-state index contributed by atoms with van der Waals surface area (Å²) in [5.74, 6) is 0. The molecule has 0 spiro atoms. The van der Waals surface area contributed by atoms with Crippen molar-refractivity contribution in [3.8, 4) is 0 Å². The second-order valence-corrected chi connectivity index (χ2v) is 7.23. The van der Waals surface area contributed by atoms with Crippen LogP contribution in [0.3, 0.4) is 0 Å². The number of fused-ring (bicyclic) bond motifs is 2. The maximum absolute atomic E-state index is 6.12. The predicted molar refractivity (Wildman–Crippen MR) is 115 cm³/mol. The smallest absolute Gasteiger partial charge is 0.0737 e. The summed E-state index contributed by atoms with van der Waals surface area (Å²) in [7, 11) is 0. The van der Waals surface area contributed by atoms with E-state index in [1.165, 1.54) is 11.1 Å². The summed E-state index contributed by atoms with van der Waals surface area (Å²) < 4.78 is 5.50. The van der Waals surface area contributed by atoms with Crippen LogP contribution < -0.4 is 10.2 Å². The lowest BCUT2D eigenvalue weighted by molar-refractivity contribution is 0.123. The van der Waals surface area contributed by atoms with Gasteiger partial charge >= 0.3 is 0 Å². The van der Waals surface area contributed by atoms with Crippen molar-refractivity contribution < 1.29 is 4.74 Å². The number of aromatic nitrogens is 2. The van der Waals surface area contributed by atoms with E-state index in [0.29, 0.717) is 5.02 Å². The van der Waals surface area contributed by atoms with Crippen LogP contribution in [0.4, 0.5) is 17.1 Å². The van der Waals surface area contributed by atoms with Gasteiger partial charge in [0.1, 0.15) is 0 Å². The van der Waals surface area contributed by atoms with E-state index in [-0.39, 0.29) is 0 Å². The standard InChI is InChI=1S/C22H19ClN4O/c23-15-1-2-17-20(6-8-25-21(17)13-15)26-19-3-4-22(27-9-11-28-12-10-27)16-5-7-24-14-18(16)19/h1-8,13-14H,9-12H2,(H,25,26). The molecule has 1 N–H and O–H groups in total. The van der Waals surface area contributed by atoms with Crippen LogP contribution in [0.1, 0.15) is 0 Å². The van der Waals surface area contributed by atoms with E-state index in [4.69, 9.17) is 16.3 Å². The Balaban J connectivity index is 1.59. The van der Waals surface area contributed by atoms with Crippen molar-refractivity contribution in [1.82, 2.24) is 9.97 Å². The number of anilines is 3. The molecular formula is C22H19ClN4O. The third-order valence-corrected chi connectivity index (χ3v) is 5.36. The average Bonchev–Trinajstić information content (AvgIpc) is 2.74. The molecule has 140 valence electrons. The Kier molecular flexibility index (Phi) is 4.47. The van der Waals surface area contributed by atoms with Crippen LogP contribution in [-0.2, 0) is 4.74 Å². The first-order valence-corrected chi connectivity index (χ1v) is 9.68. The average molecular weight is 391 g/mol. The number of nitrogens with zero attached hydrogens (tertiary/aromatic N) is 3. The maximum atomic E-state index is 6.12. The van der Waals surface area contributed by atoms with E-state index in [1.54, 1.807) is 6.20 Å². The first-order chi connectivity index (χ1) is 13.8. The van der Waals surface area contributed by atoms with Crippen molar-refractivity contribution >= 4 is 50.3 Å². The summed E-state index contributed by atoms with van der Waals surface area (Å²) >= 11 is 6.12. The molecule has 2 aromatic carbocycles. The Morgan fingerprint density at radius 1 is 0.893 bits per heavy atom. The Bertz CT molecular complexity index is 1160. The SMILES string of the molecule is Clc1ccc2c(Nc3ccc(N4CCOCC4)c4ccncc34)ccnc2c1. The van der Waals surface area contributed by atoms with Crippen molar-refractivity contribution in [2.24, 2.45) is 0 Å². The number of benzene rings is 2. The summed E-state index contributed by atoms with van der Waals surface area (Å²) in [5.41, 5.74) is 4.09. The van der Waals surface area contributed by atoms with Crippen molar-refractivity contribution in [2.45, 2.75) is 0 Å². The van der Waals surface area contributed by atoms with Crippen LogP contribution in [-0.4, -0.2) is 36.3 Å². The Hall–Kier alpha value is -2.89. The molecule has 6 heteroatoms. The lowest BCUT2D eigenvalue weighted by Crippen LogP contribution is -2.36. The second-order valence-electron chi connectivity index (χ2n) is 6.80. The minimum atomic E-state index is 0.682. The Labute approximate surface area is 167 Å². The summed E-state index contributed by atoms with van der Waals surface area (Å²) in [6.07, 6.45) is 5.56. The third kappa shape index (κ3) is 3.13. The lowest BCUT2D eigenvalue weighted by atomic mass is 10.1. The quantitative estimate of drug-likeness (QED) is 0.532. The van der Waals surface area contributed by atoms with Gasteiger partial charge in [0.15, 0.2) is 0 Å². The monoisotopic (exact) mass is 390 g/mol. The minimum absolute atomic E-state index is 0.682. The number of ether oxygens (including phenoxy) is 1. The third-order valence-electron chi connectivity index (χ3n) is 5.12. The zero-order valence-electron chi connectivity index (χ0n) is 15.2. The van der Waals surface area contributed by atoms with Crippen LogP contribution in [0.15, 0.2) is 61.1 Å². The largest absolute Gasteiger partial charge is 0.378 e. The number of hydrogen-bond acceptors (Lipinski definition) is 5. The molecule has 5 rings (SSSR count). The normalized spacial score (nSPS) is 14.5. The van der Waals surface area contributed by atoms with Gasteiger partial charge in [0.25, 0.3) is 0 Å². The topological polar surface area (TPSA) is 50.3 Å². The molecule has 2 aromatic heterocycles. The van der Waals surface area contributed by atoms with Crippen LogP contribution in [0, 0.1) is 0 Å². The van der Waals surface area contributed by atoms with Crippen LogP contribution in [0.5, 0.6) is 0 Å². The van der Waals surface area contributed by atoms with Gasteiger partial charge in [-0.2, -0.15) is 0 Å². The highest BCUT2D eigenvalue weighted by Gasteiger charge is 2.16. The van der Waals surface area contributed by atoms with E-state index < -0.39 is 0 Å². The molecule has 0 unspecified atom stereocenters. The molecule has 1 aliphatic rings. The van der Waals surface area contributed by atoms with E-state index in [1.807, 2.05) is 36.7 Å². The lowest BCUT2D eigenvalue weighted by Gasteiger charge is -2.30. The zero-order valence-corrected chi connectivity index (χ0v) is 16.0. The van der Waals surface area contributed by atoms with E-state index >= 15 is 0 Å². The number of morpholine rings is 1. The molecule has 4 aromatic rings. The highest BCUT2D eigenvalue weighted by atomic mass is 35.5. The predicted octanol–water partition coefficient (Wildman–Crippen LogP) is 5.02. The van der Waals surface area contributed by atoms with Gasteiger partial charge in [-0.1, -0.05) is 11.6 Å². The molecule has 5 nitrogen and oxygen atoms in total. The van der Waals surface area contributed by atoms with Crippen molar-refractivity contribution in [2.75, 3.05) is 36.5 Å². The van der Waals surface area contributed by atoms with E-state index in [0.717, 1.165) is 54.0 Å². The van der Waals surface area contributed by atoms with Gasteiger partial charge in [-0.25, -0.2) is 0 Å². The summed E-state index contributed by atoms with van der Waals surface area (Å²) in [5, 5.41) is 7.56. The molecule has 0 bridgehead atoms. The summed E-state index contributed by atoms with van der Waals surface area (Å²) in [6.45, 7) is 3.33. The highest BCUT2D eigenvalue weighted by molar-refractivity contribution is 6.31. The first-order valence-electron chi connectivity index (χ1n) is 9.30. The Morgan fingerprint density at radius 3 is 2.64 bits per heavy atom. The fourth-order valence-corrected chi connectivity index (χ4v) is 3.90. The molecule has 1 fully saturated rings. The number of hydrogen-bond donors (Lipinski definition) is 1. The highest BCUT2D eigenvalue weighted by Crippen LogP contribution is 2.35. The summed E-state index contributed by atoms with van der Waals surface area (Å²) in [4.78, 5) is 11.2. The van der Waals surface area contributed by atoms with Crippen LogP contribution >= 0.6 is 11.6 Å². The maximum Gasteiger partial charge on any atom is 0.0737 e. The molecular weight excluding hydrogens is 372 g/mol. The van der Waals surface area contributed by atoms with Gasteiger partial charge < -0.3 is 15.0 Å². The number of halogens is 1. The molecule has 0 radical (unpaired) electrons. The van der Waals surface area contributed by atoms with Gasteiger partial charge in [-0.15, -0.1) is 0 Å². The second kappa shape index (κ2) is 7.26. The fourth-order valence-electron chi connectivity index (χ4n) is 3.74. The fraction of sp³-hybridized carbons (Fsp3) is 0.182. The minimum Gasteiger partial charge on any atom is -0.378 e. The summed E-state index contributed by atoms with van der Waals surface area (Å²) in [6, 6.07) is 14.1. The van der Waals surface area contributed by atoms with Gasteiger partial charge in [0.05, 0.1) is 18.7 Å². The van der Waals surface area contributed by atoms with Gasteiger partial charge in [0.2, 0.25) is 0 Å². The molecule has 0 saturated carbocycles. The van der Waals surface area contributed by atoms with Gasteiger partial charge in [-0.3, -0.25) is 9.97 Å². The van der Waals surface area contributed by atoms with Gasteiger partial charge in [0, 0.05) is 69.9 Å². The molecule has 28 heavy (non-hydrogen) atoms. The van der Waals surface area contributed by atoms with Crippen LogP contribution in [0.2, 0.25) is 5.02 Å². The number of nitrogens with one attached hydrogen (secondary N) is 1. The molecule has 1 saturated heterocycles. The molecule has 0 amide bonds. The van der Waals surface area contributed by atoms with Crippen molar-refractivity contribution in [3.05, 3.63) is 66.1 Å². The van der Waals surface area contributed by atoms with Crippen molar-refractivity contribution in [3.63, 3.8) is 0 Å². The first kappa shape index (κ1) is 17.2. The van der Waals surface area contributed by atoms with Crippen molar-refractivity contribution in [1.29, 1.82) is 0 Å². The number of rotatable bonds is 3. The van der Waals surface area contributed by atoms with Gasteiger partial charge in [-0.05, 0) is 42.5 Å². The zero-order chi connectivity index (χ0) is 18.9. The molecule has 0 atom stereocenters. The molecule has 1 aliphatic heterocycles. The molecule has 0 aliphatic carbocycles. The Morgan fingerprint density at radius 2 is 1.75 bits per heavy atom. The molecule has 3 heterocycles. The van der Waals surface area contributed by atoms with E-state index in [9.17, 15) is 0 Å². The van der Waals surface area contributed by atoms with Crippen LogP contribution in [0.25, 0.3) is 21.7 Å².